The van der Waals surface area contributed by atoms with Crippen molar-refractivity contribution in [3.63, 3.8) is 0 Å². The van der Waals surface area contributed by atoms with Crippen LogP contribution in [0.3, 0.4) is 0 Å². The molecule has 1 aromatic heterocycles. The van der Waals surface area contributed by atoms with Crippen LogP contribution in [0.5, 0.6) is 0 Å². The molecular formula is C16H20N4O3S. The molecule has 2 aliphatic rings. The smallest absolute Gasteiger partial charge is 0.329 e. The second-order valence-corrected chi connectivity index (χ2v) is 7.08. The van der Waals surface area contributed by atoms with Crippen molar-refractivity contribution >= 4 is 28.5 Å². The largest absolute Gasteiger partial charge is 0.440 e. The summed E-state index contributed by atoms with van der Waals surface area (Å²) in [5.74, 6) is 2.18. The van der Waals surface area contributed by atoms with Gasteiger partial charge < -0.3 is 9.64 Å². The van der Waals surface area contributed by atoms with E-state index in [-0.39, 0.29) is 12.5 Å². The van der Waals surface area contributed by atoms with Gasteiger partial charge >= 0.3 is 12.0 Å². The van der Waals surface area contributed by atoms with Crippen molar-refractivity contribution in [2.24, 2.45) is 0 Å². The molecule has 0 aromatic carbocycles. The van der Waals surface area contributed by atoms with E-state index in [1.54, 1.807) is 11.9 Å². The van der Waals surface area contributed by atoms with Crippen molar-refractivity contribution in [1.29, 1.82) is 0 Å². The number of aromatic nitrogens is 2. The molecule has 1 saturated heterocycles. The molecule has 8 heteroatoms. The highest BCUT2D eigenvalue weighted by atomic mass is 32.1. The topological polar surface area (TPSA) is 75.6 Å². The Kier molecular flexibility index (Phi) is 5.00. The van der Waals surface area contributed by atoms with Crippen LogP contribution in [0.4, 0.5) is 9.93 Å². The minimum absolute atomic E-state index is 0.113. The Hall–Kier alpha value is -2.14. The number of amides is 2. The molecule has 24 heavy (non-hydrogen) atoms. The molecule has 3 rings (SSSR count). The van der Waals surface area contributed by atoms with Gasteiger partial charge in [-0.25, -0.2) is 9.69 Å². The van der Waals surface area contributed by atoms with Gasteiger partial charge in [-0.05, 0) is 12.8 Å². The van der Waals surface area contributed by atoms with Crippen molar-refractivity contribution in [1.82, 2.24) is 15.1 Å². The number of urea groups is 1. The van der Waals surface area contributed by atoms with Crippen LogP contribution in [0.15, 0.2) is 0 Å². The van der Waals surface area contributed by atoms with Crippen LogP contribution in [-0.4, -0.2) is 46.9 Å². The van der Waals surface area contributed by atoms with Gasteiger partial charge in [0.05, 0.1) is 0 Å². The van der Waals surface area contributed by atoms with E-state index < -0.39 is 12.2 Å². The van der Waals surface area contributed by atoms with E-state index in [1.165, 1.54) is 29.1 Å². The lowest BCUT2D eigenvalue weighted by Crippen LogP contribution is -2.54. The number of terminal acetylenes is 1. The highest BCUT2D eigenvalue weighted by Gasteiger charge is 2.37. The molecule has 1 aliphatic heterocycles. The first-order valence-corrected chi connectivity index (χ1v) is 8.92. The quantitative estimate of drug-likeness (QED) is 0.617. The minimum Gasteiger partial charge on any atom is -0.440 e. The van der Waals surface area contributed by atoms with Gasteiger partial charge in [-0.1, -0.05) is 30.1 Å². The fourth-order valence-electron chi connectivity index (χ4n) is 3.09. The molecule has 2 heterocycles. The summed E-state index contributed by atoms with van der Waals surface area (Å²) in [5, 5.41) is 9.89. The average Bonchev–Trinajstić information content (AvgIpc) is 3.22. The SMILES string of the molecule is C#CCC(=O)OC1CCN(C)C(=O)N1c1nnc(C2CCCC2)s1. The molecule has 1 atom stereocenters. The van der Waals surface area contributed by atoms with Crippen molar-refractivity contribution < 1.29 is 14.3 Å². The maximum atomic E-state index is 12.6. The molecular weight excluding hydrogens is 328 g/mol. The number of hydrogen-bond donors (Lipinski definition) is 0. The Bertz CT molecular complexity index is 663. The Labute approximate surface area is 145 Å². The van der Waals surface area contributed by atoms with Gasteiger partial charge in [0.1, 0.15) is 11.4 Å². The second kappa shape index (κ2) is 7.18. The van der Waals surface area contributed by atoms with Gasteiger partial charge in [-0.3, -0.25) is 4.79 Å². The summed E-state index contributed by atoms with van der Waals surface area (Å²) in [4.78, 5) is 27.3. The fourth-order valence-corrected chi connectivity index (χ4v) is 4.14. The van der Waals surface area contributed by atoms with Gasteiger partial charge in [-0.15, -0.1) is 16.6 Å². The molecule has 1 unspecified atom stereocenters. The molecule has 2 fully saturated rings. The summed E-state index contributed by atoms with van der Waals surface area (Å²) in [5.41, 5.74) is 0. The molecule has 1 saturated carbocycles. The Morgan fingerprint density at radius 3 is 2.83 bits per heavy atom. The summed E-state index contributed by atoms with van der Waals surface area (Å²) < 4.78 is 5.39. The first-order chi connectivity index (χ1) is 11.6. The van der Waals surface area contributed by atoms with E-state index in [0.29, 0.717) is 24.0 Å². The minimum atomic E-state index is -0.682. The number of hydrogen-bond acceptors (Lipinski definition) is 6. The number of ether oxygens (including phenoxy) is 1. The fraction of sp³-hybridized carbons (Fsp3) is 0.625. The Morgan fingerprint density at radius 1 is 1.38 bits per heavy atom. The summed E-state index contributed by atoms with van der Waals surface area (Å²) in [6, 6.07) is -0.242. The van der Waals surface area contributed by atoms with Gasteiger partial charge in [-0.2, -0.15) is 0 Å². The second-order valence-electron chi connectivity index (χ2n) is 6.09. The maximum Gasteiger partial charge on any atom is 0.329 e. The standard InChI is InChI=1S/C16H20N4O3S/c1-3-6-13(21)23-12-9-10-19(2)16(22)20(12)15-18-17-14(24-15)11-7-4-5-8-11/h1,11-12H,4-10H2,2H3. The molecule has 1 aliphatic carbocycles. The molecule has 128 valence electrons. The van der Waals surface area contributed by atoms with Gasteiger partial charge in [0.2, 0.25) is 5.13 Å². The highest BCUT2D eigenvalue weighted by molar-refractivity contribution is 7.15. The van der Waals surface area contributed by atoms with Crippen LogP contribution < -0.4 is 4.90 Å². The third kappa shape index (κ3) is 3.36. The number of nitrogens with zero attached hydrogens (tertiary/aromatic N) is 4. The van der Waals surface area contributed by atoms with Crippen molar-refractivity contribution in [2.45, 2.75) is 50.7 Å². The van der Waals surface area contributed by atoms with Crippen LogP contribution in [0.2, 0.25) is 0 Å². The van der Waals surface area contributed by atoms with E-state index in [1.807, 2.05) is 0 Å². The maximum absolute atomic E-state index is 12.6. The normalized spacial score (nSPS) is 21.8. The number of anilines is 1. The lowest BCUT2D eigenvalue weighted by Gasteiger charge is -2.37. The zero-order valence-corrected chi connectivity index (χ0v) is 14.4. The Balaban J connectivity index is 1.81. The third-order valence-corrected chi connectivity index (χ3v) is 5.47. The molecule has 2 amide bonds. The van der Waals surface area contributed by atoms with Crippen molar-refractivity contribution in [3.8, 4) is 12.3 Å². The lowest BCUT2D eigenvalue weighted by atomic mass is 10.1. The number of esters is 1. The summed E-state index contributed by atoms with van der Waals surface area (Å²) in [6.45, 7) is 0.512. The lowest BCUT2D eigenvalue weighted by molar-refractivity contribution is -0.148. The van der Waals surface area contributed by atoms with Crippen LogP contribution in [0.1, 0.15) is 49.5 Å². The molecule has 0 radical (unpaired) electrons. The zero-order chi connectivity index (χ0) is 17.1. The van der Waals surface area contributed by atoms with Gasteiger partial charge in [0.25, 0.3) is 0 Å². The molecule has 0 bridgehead atoms. The van der Waals surface area contributed by atoms with Crippen molar-refractivity contribution in [2.75, 3.05) is 18.5 Å². The van der Waals surface area contributed by atoms with E-state index in [9.17, 15) is 9.59 Å². The average molecular weight is 348 g/mol. The van der Waals surface area contributed by atoms with Crippen LogP contribution in [0, 0.1) is 12.3 Å². The number of carbonyl (C=O) groups excluding carboxylic acids is 2. The summed E-state index contributed by atoms with van der Waals surface area (Å²) >= 11 is 1.41. The highest BCUT2D eigenvalue weighted by Crippen LogP contribution is 2.38. The van der Waals surface area contributed by atoms with E-state index in [4.69, 9.17) is 11.2 Å². The zero-order valence-electron chi connectivity index (χ0n) is 13.6. The number of carbonyl (C=O) groups is 2. The van der Waals surface area contributed by atoms with Crippen LogP contribution in [-0.2, 0) is 9.53 Å². The number of rotatable bonds is 4. The summed E-state index contributed by atoms with van der Waals surface area (Å²) in [6.07, 6.45) is 9.50. The Morgan fingerprint density at radius 2 is 2.12 bits per heavy atom. The molecule has 0 spiro atoms. The first kappa shape index (κ1) is 16.7. The van der Waals surface area contributed by atoms with Crippen molar-refractivity contribution in [3.05, 3.63) is 5.01 Å². The summed E-state index contributed by atoms with van der Waals surface area (Å²) in [7, 11) is 1.72. The first-order valence-electron chi connectivity index (χ1n) is 8.11. The molecule has 0 N–H and O–H groups in total. The third-order valence-electron chi connectivity index (χ3n) is 4.39. The molecule has 1 aromatic rings. The van der Waals surface area contributed by atoms with Gasteiger partial charge in [0.15, 0.2) is 6.23 Å². The molecule has 7 nitrogen and oxygen atoms in total. The predicted molar refractivity (Wildman–Crippen MR) is 89.6 cm³/mol. The predicted octanol–water partition coefficient (Wildman–Crippen LogP) is 2.35. The monoisotopic (exact) mass is 348 g/mol. The van der Waals surface area contributed by atoms with E-state index in [0.717, 1.165) is 17.8 Å². The van der Waals surface area contributed by atoms with E-state index in [2.05, 4.69) is 16.1 Å². The van der Waals surface area contributed by atoms with Crippen LogP contribution >= 0.6 is 11.3 Å². The van der Waals surface area contributed by atoms with E-state index >= 15 is 0 Å². The van der Waals surface area contributed by atoms with Crippen LogP contribution in [0.25, 0.3) is 0 Å². The van der Waals surface area contributed by atoms with Gasteiger partial charge in [0, 0.05) is 25.9 Å².